The molecule has 2 unspecified atom stereocenters. The number of carbonyl (C=O) groups excluding carboxylic acids is 1. The van der Waals surface area contributed by atoms with E-state index < -0.39 is 0 Å². The Hall–Kier alpha value is -1.35. The molecule has 1 aliphatic carbocycles. The third-order valence-electron chi connectivity index (χ3n) is 4.14. The van der Waals surface area contributed by atoms with Crippen LogP contribution in [-0.2, 0) is 4.79 Å². The molecule has 0 radical (unpaired) electrons. The highest BCUT2D eigenvalue weighted by atomic mass is 16.2. The maximum atomic E-state index is 12.7. The van der Waals surface area contributed by atoms with Gasteiger partial charge in [-0.2, -0.15) is 0 Å². The van der Waals surface area contributed by atoms with E-state index in [1.54, 1.807) is 0 Å². The second-order valence-electron chi connectivity index (χ2n) is 5.84. The van der Waals surface area contributed by atoms with E-state index >= 15 is 0 Å². The largest absolute Gasteiger partial charge is 0.339 e. The van der Waals surface area contributed by atoms with Gasteiger partial charge in [-0.05, 0) is 24.8 Å². The van der Waals surface area contributed by atoms with Crippen molar-refractivity contribution < 1.29 is 4.79 Å². The Bertz CT molecular complexity index is 428. The molecule has 1 fully saturated rings. The van der Waals surface area contributed by atoms with Crippen LogP contribution in [0.3, 0.4) is 0 Å². The predicted molar refractivity (Wildman–Crippen MR) is 82.2 cm³/mol. The average Bonchev–Trinajstić information content (AvgIpc) is 3.31. The molecule has 0 spiro atoms. The summed E-state index contributed by atoms with van der Waals surface area (Å²) in [6, 6.07) is 10.2. The van der Waals surface area contributed by atoms with Crippen molar-refractivity contribution in [2.45, 2.75) is 51.6 Å². The summed E-state index contributed by atoms with van der Waals surface area (Å²) in [5.74, 6) is 0.0622. The first kappa shape index (κ1) is 15.0. The molecule has 0 heterocycles. The summed E-state index contributed by atoms with van der Waals surface area (Å²) in [4.78, 5) is 14.8. The molecule has 1 aromatic rings. The number of carbonyl (C=O) groups is 1. The first-order chi connectivity index (χ1) is 9.65. The van der Waals surface area contributed by atoms with Gasteiger partial charge in [0.15, 0.2) is 0 Å². The Labute approximate surface area is 122 Å². The molecule has 0 aliphatic heterocycles. The van der Waals surface area contributed by atoms with Crippen LogP contribution in [0.4, 0.5) is 0 Å². The van der Waals surface area contributed by atoms with E-state index in [4.69, 9.17) is 5.73 Å². The Morgan fingerprint density at radius 3 is 2.55 bits per heavy atom. The van der Waals surface area contributed by atoms with Crippen molar-refractivity contribution in [3.63, 3.8) is 0 Å². The van der Waals surface area contributed by atoms with Crippen LogP contribution in [0.1, 0.15) is 51.1 Å². The van der Waals surface area contributed by atoms with Crippen LogP contribution in [0.5, 0.6) is 0 Å². The topological polar surface area (TPSA) is 46.3 Å². The van der Waals surface area contributed by atoms with Gasteiger partial charge in [0, 0.05) is 18.6 Å². The van der Waals surface area contributed by atoms with Gasteiger partial charge in [-0.25, -0.2) is 0 Å². The highest BCUT2D eigenvalue weighted by molar-refractivity contribution is 5.80. The summed E-state index contributed by atoms with van der Waals surface area (Å²) in [6.45, 7) is 5.00. The van der Waals surface area contributed by atoms with Crippen LogP contribution >= 0.6 is 0 Å². The maximum Gasteiger partial charge on any atom is 0.227 e. The first-order valence-electron chi connectivity index (χ1n) is 7.76. The Morgan fingerprint density at radius 1 is 1.35 bits per heavy atom. The molecule has 2 atom stereocenters. The SMILES string of the molecule is CCCCN(C(=O)C(C)C(N)c1ccccc1)C1CC1. The van der Waals surface area contributed by atoms with Gasteiger partial charge in [0.1, 0.15) is 0 Å². The number of benzene rings is 1. The van der Waals surface area contributed by atoms with Crippen molar-refractivity contribution in [2.24, 2.45) is 11.7 Å². The zero-order valence-electron chi connectivity index (χ0n) is 12.6. The van der Waals surface area contributed by atoms with Crippen molar-refractivity contribution in [2.75, 3.05) is 6.54 Å². The van der Waals surface area contributed by atoms with E-state index in [1.807, 2.05) is 37.3 Å². The summed E-state index contributed by atoms with van der Waals surface area (Å²) >= 11 is 0. The second kappa shape index (κ2) is 6.89. The Kier molecular flexibility index (Phi) is 5.18. The van der Waals surface area contributed by atoms with E-state index in [2.05, 4.69) is 11.8 Å². The number of hydrogen-bond donors (Lipinski definition) is 1. The lowest BCUT2D eigenvalue weighted by molar-refractivity contribution is -0.136. The van der Waals surface area contributed by atoms with Gasteiger partial charge >= 0.3 is 0 Å². The molecule has 1 aliphatic rings. The van der Waals surface area contributed by atoms with E-state index in [9.17, 15) is 4.79 Å². The summed E-state index contributed by atoms with van der Waals surface area (Å²) in [6.07, 6.45) is 4.51. The van der Waals surface area contributed by atoms with Gasteiger partial charge in [0.05, 0.1) is 5.92 Å². The fourth-order valence-electron chi connectivity index (χ4n) is 2.57. The second-order valence-corrected chi connectivity index (χ2v) is 5.84. The monoisotopic (exact) mass is 274 g/mol. The highest BCUT2D eigenvalue weighted by Gasteiger charge is 2.35. The van der Waals surface area contributed by atoms with E-state index in [-0.39, 0.29) is 17.9 Å². The summed E-state index contributed by atoms with van der Waals surface area (Å²) in [5, 5.41) is 0. The van der Waals surface area contributed by atoms with Gasteiger partial charge < -0.3 is 10.6 Å². The molecule has 110 valence electrons. The average molecular weight is 274 g/mol. The molecule has 1 aromatic carbocycles. The van der Waals surface area contributed by atoms with Gasteiger partial charge in [-0.1, -0.05) is 50.6 Å². The molecule has 2 N–H and O–H groups in total. The maximum absolute atomic E-state index is 12.7. The van der Waals surface area contributed by atoms with Crippen molar-refractivity contribution in [3.8, 4) is 0 Å². The Balaban J connectivity index is 2.02. The van der Waals surface area contributed by atoms with Crippen molar-refractivity contribution in [1.82, 2.24) is 4.90 Å². The lowest BCUT2D eigenvalue weighted by Gasteiger charge is -2.28. The third-order valence-corrected chi connectivity index (χ3v) is 4.14. The van der Waals surface area contributed by atoms with Crippen molar-refractivity contribution in [3.05, 3.63) is 35.9 Å². The molecule has 1 amide bonds. The molecule has 20 heavy (non-hydrogen) atoms. The number of rotatable bonds is 7. The van der Waals surface area contributed by atoms with Gasteiger partial charge in [-0.15, -0.1) is 0 Å². The van der Waals surface area contributed by atoms with E-state index in [0.29, 0.717) is 6.04 Å². The van der Waals surface area contributed by atoms with Crippen molar-refractivity contribution in [1.29, 1.82) is 0 Å². The molecular formula is C17H26N2O. The minimum Gasteiger partial charge on any atom is -0.339 e. The molecule has 3 nitrogen and oxygen atoms in total. The summed E-state index contributed by atoms with van der Waals surface area (Å²) in [7, 11) is 0. The zero-order chi connectivity index (χ0) is 14.5. The van der Waals surface area contributed by atoms with Gasteiger partial charge in [-0.3, -0.25) is 4.79 Å². The summed E-state index contributed by atoms with van der Waals surface area (Å²) in [5.41, 5.74) is 7.32. The van der Waals surface area contributed by atoms with Crippen LogP contribution in [0.2, 0.25) is 0 Å². The molecule has 0 saturated heterocycles. The summed E-state index contributed by atoms with van der Waals surface area (Å²) < 4.78 is 0. The zero-order valence-corrected chi connectivity index (χ0v) is 12.6. The smallest absolute Gasteiger partial charge is 0.227 e. The molecule has 3 heteroatoms. The fraction of sp³-hybridized carbons (Fsp3) is 0.588. The van der Waals surface area contributed by atoms with Gasteiger partial charge in [0.2, 0.25) is 5.91 Å². The van der Waals surface area contributed by atoms with E-state index in [0.717, 1.165) is 37.8 Å². The third kappa shape index (κ3) is 3.60. The number of hydrogen-bond acceptors (Lipinski definition) is 2. The Morgan fingerprint density at radius 2 is 2.00 bits per heavy atom. The minimum atomic E-state index is -0.216. The molecule has 2 rings (SSSR count). The number of unbranched alkanes of at least 4 members (excludes halogenated alkanes) is 1. The number of nitrogens with two attached hydrogens (primary N) is 1. The molecule has 1 saturated carbocycles. The predicted octanol–water partition coefficient (Wildman–Crippen LogP) is 3.11. The number of amides is 1. The lowest BCUT2D eigenvalue weighted by atomic mass is 9.94. The van der Waals surface area contributed by atoms with Crippen molar-refractivity contribution >= 4 is 5.91 Å². The highest BCUT2D eigenvalue weighted by Crippen LogP contribution is 2.30. The normalized spacial score (nSPS) is 17.6. The molecular weight excluding hydrogens is 248 g/mol. The first-order valence-corrected chi connectivity index (χ1v) is 7.76. The molecule has 0 bridgehead atoms. The van der Waals surface area contributed by atoms with Crippen LogP contribution in [-0.4, -0.2) is 23.4 Å². The standard InChI is InChI=1S/C17H26N2O/c1-3-4-12-19(15-10-11-15)17(20)13(2)16(18)14-8-6-5-7-9-14/h5-9,13,15-16H,3-4,10-12,18H2,1-2H3. The molecule has 0 aromatic heterocycles. The van der Waals surface area contributed by atoms with Crippen LogP contribution in [0, 0.1) is 5.92 Å². The minimum absolute atomic E-state index is 0.158. The van der Waals surface area contributed by atoms with Gasteiger partial charge in [0.25, 0.3) is 0 Å². The fourth-order valence-corrected chi connectivity index (χ4v) is 2.57. The van der Waals surface area contributed by atoms with Crippen LogP contribution < -0.4 is 5.73 Å². The van der Waals surface area contributed by atoms with E-state index in [1.165, 1.54) is 0 Å². The lowest BCUT2D eigenvalue weighted by Crippen LogP contribution is -2.41. The van der Waals surface area contributed by atoms with Crippen LogP contribution in [0.25, 0.3) is 0 Å². The quantitative estimate of drug-likeness (QED) is 0.830. The van der Waals surface area contributed by atoms with Crippen LogP contribution in [0.15, 0.2) is 30.3 Å². The number of nitrogens with zero attached hydrogens (tertiary/aromatic N) is 1.